The number of aliphatic hydroxyl groups is 1. The number of hydrogen-bond donors (Lipinski definition) is 3. The number of carbonyl (C=O) groups is 2. The van der Waals surface area contributed by atoms with Crippen LogP contribution in [0.2, 0.25) is 0 Å². The largest absolute Gasteiger partial charge is 0.394 e. The van der Waals surface area contributed by atoms with Crippen molar-refractivity contribution in [2.75, 3.05) is 26.0 Å². The molecular weight excluding hydrogens is 466 g/mol. The van der Waals surface area contributed by atoms with Gasteiger partial charge in [0, 0.05) is 41.9 Å². The van der Waals surface area contributed by atoms with Gasteiger partial charge in [0.1, 0.15) is 5.69 Å². The lowest BCUT2D eigenvalue weighted by molar-refractivity contribution is 0.0911. The van der Waals surface area contributed by atoms with Crippen LogP contribution in [0.3, 0.4) is 0 Å². The smallest absolute Gasteiger partial charge is 0.270 e. The zero-order valence-corrected chi connectivity index (χ0v) is 20.8. The Morgan fingerprint density at radius 2 is 1.70 bits per heavy atom. The van der Waals surface area contributed by atoms with Crippen molar-refractivity contribution >= 4 is 17.5 Å². The van der Waals surface area contributed by atoms with Crippen LogP contribution in [0.15, 0.2) is 91.4 Å². The number of amides is 2. The molecule has 1 atom stereocenters. The summed E-state index contributed by atoms with van der Waals surface area (Å²) in [5.74, 6) is -0.701. The van der Waals surface area contributed by atoms with E-state index in [0.29, 0.717) is 16.8 Å². The molecule has 0 saturated heterocycles. The van der Waals surface area contributed by atoms with Gasteiger partial charge in [0.05, 0.1) is 12.6 Å². The average Bonchev–Trinajstić information content (AvgIpc) is 2.92. The molecule has 2 heterocycles. The van der Waals surface area contributed by atoms with Crippen LogP contribution in [0.5, 0.6) is 0 Å². The molecule has 4 rings (SSSR count). The molecule has 0 aliphatic rings. The fraction of sp³-hybridized carbons (Fsp3) is 0.172. The summed E-state index contributed by atoms with van der Waals surface area (Å²) in [7, 11) is 3.97. The summed E-state index contributed by atoms with van der Waals surface area (Å²) in [6.07, 6.45) is 5.01. The number of carbonyl (C=O) groups excluding carboxylic acids is 2. The molecule has 2 aromatic carbocycles. The Balaban J connectivity index is 1.44. The van der Waals surface area contributed by atoms with E-state index in [4.69, 9.17) is 0 Å². The van der Waals surface area contributed by atoms with Gasteiger partial charge in [-0.05, 0) is 73.3 Å². The monoisotopic (exact) mass is 495 g/mol. The molecule has 0 spiro atoms. The molecule has 0 radical (unpaired) electrons. The first kappa shape index (κ1) is 25.7. The molecule has 0 aliphatic carbocycles. The number of nitrogens with zero attached hydrogens (tertiary/aromatic N) is 3. The summed E-state index contributed by atoms with van der Waals surface area (Å²) >= 11 is 0. The second-order valence-electron chi connectivity index (χ2n) is 8.89. The van der Waals surface area contributed by atoms with E-state index in [-0.39, 0.29) is 18.2 Å². The number of anilines is 1. The minimum atomic E-state index is -0.703. The first-order valence-corrected chi connectivity index (χ1v) is 11.9. The number of nitrogens with one attached hydrogen (secondary N) is 2. The van der Waals surface area contributed by atoms with Gasteiger partial charge in [-0.25, -0.2) is 0 Å². The number of hydrogen-bond acceptors (Lipinski definition) is 6. The van der Waals surface area contributed by atoms with E-state index in [1.807, 2.05) is 56.6 Å². The minimum Gasteiger partial charge on any atom is -0.394 e. The van der Waals surface area contributed by atoms with Crippen molar-refractivity contribution in [2.24, 2.45) is 0 Å². The third-order valence-corrected chi connectivity index (χ3v) is 5.73. The van der Waals surface area contributed by atoms with Gasteiger partial charge in [-0.3, -0.25) is 19.6 Å². The van der Waals surface area contributed by atoms with Gasteiger partial charge < -0.3 is 20.6 Å². The Labute approximate surface area is 216 Å². The molecule has 0 bridgehead atoms. The summed E-state index contributed by atoms with van der Waals surface area (Å²) in [5.41, 5.74) is 4.85. The third-order valence-electron chi connectivity index (χ3n) is 5.73. The highest BCUT2D eigenvalue weighted by atomic mass is 16.3. The SMILES string of the molecule is CN(C)Cc1cccc(NC(=O)c2cccc([C@@H](CO)NC(=O)c3ccc(-c4ccncc4)cn3)c2)c1. The summed E-state index contributed by atoms with van der Waals surface area (Å²) in [4.78, 5) is 36.1. The van der Waals surface area contributed by atoms with E-state index in [1.165, 1.54) is 0 Å². The molecule has 3 N–H and O–H groups in total. The van der Waals surface area contributed by atoms with Crippen LogP contribution in [-0.2, 0) is 6.54 Å². The molecule has 2 amide bonds. The van der Waals surface area contributed by atoms with Crippen molar-refractivity contribution in [3.8, 4) is 11.1 Å². The van der Waals surface area contributed by atoms with Gasteiger partial charge in [0.2, 0.25) is 0 Å². The minimum absolute atomic E-state index is 0.225. The van der Waals surface area contributed by atoms with Crippen molar-refractivity contribution in [1.29, 1.82) is 0 Å². The van der Waals surface area contributed by atoms with Crippen LogP contribution in [0.25, 0.3) is 11.1 Å². The van der Waals surface area contributed by atoms with E-state index >= 15 is 0 Å². The van der Waals surface area contributed by atoms with Crippen molar-refractivity contribution < 1.29 is 14.7 Å². The fourth-order valence-corrected chi connectivity index (χ4v) is 3.92. The second kappa shape index (κ2) is 12.0. The molecule has 4 aromatic rings. The van der Waals surface area contributed by atoms with Crippen LogP contribution >= 0.6 is 0 Å². The number of aromatic nitrogens is 2. The van der Waals surface area contributed by atoms with Gasteiger partial charge in [-0.1, -0.05) is 30.3 Å². The van der Waals surface area contributed by atoms with E-state index in [0.717, 1.165) is 23.2 Å². The van der Waals surface area contributed by atoms with E-state index in [1.54, 1.807) is 48.9 Å². The van der Waals surface area contributed by atoms with Crippen LogP contribution in [-0.4, -0.2) is 52.5 Å². The van der Waals surface area contributed by atoms with Gasteiger partial charge in [0.15, 0.2) is 0 Å². The molecule has 8 nitrogen and oxygen atoms in total. The van der Waals surface area contributed by atoms with E-state index in [9.17, 15) is 14.7 Å². The molecule has 0 fully saturated rings. The Morgan fingerprint density at radius 3 is 2.41 bits per heavy atom. The van der Waals surface area contributed by atoms with E-state index < -0.39 is 11.9 Å². The number of rotatable bonds is 9. The third kappa shape index (κ3) is 6.84. The van der Waals surface area contributed by atoms with Gasteiger partial charge in [0.25, 0.3) is 11.8 Å². The lowest BCUT2D eigenvalue weighted by Crippen LogP contribution is -2.31. The number of benzene rings is 2. The molecule has 8 heteroatoms. The average molecular weight is 496 g/mol. The predicted octanol–water partition coefficient (Wildman–Crippen LogP) is 3.92. The zero-order chi connectivity index (χ0) is 26.2. The maximum absolute atomic E-state index is 12.9. The highest BCUT2D eigenvalue weighted by molar-refractivity contribution is 6.04. The number of aliphatic hydroxyl groups excluding tert-OH is 1. The maximum atomic E-state index is 12.9. The van der Waals surface area contributed by atoms with Crippen molar-refractivity contribution in [3.63, 3.8) is 0 Å². The van der Waals surface area contributed by atoms with Crippen LogP contribution in [0, 0.1) is 0 Å². The number of pyridine rings is 2. The molecule has 0 aliphatic heterocycles. The van der Waals surface area contributed by atoms with E-state index in [2.05, 4.69) is 25.5 Å². The zero-order valence-electron chi connectivity index (χ0n) is 20.8. The Hall–Kier alpha value is -4.40. The fourth-order valence-electron chi connectivity index (χ4n) is 3.92. The van der Waals surface area contributed by atoms with Crippen LogP contribution in [0.1, 0.15) is 38.0 Å². The highest BCUT2D eigenvalue weighted by Gasteiger charge is 2.18. The Bertz CT molecular complexity index is 1360. The Morgan fingerprint density at radius 1 is 0.919 bits per heavy atom. The Kier molecular flexibility index (Phi) is 8.35. The predicted molar refractivity (Wildman–Crippen MR) is 143 cm³/mol. The summed E-state index contributed by atoms with van der Waals surface area (Å²) in [5, 5.41) is 15.7. The second-order valence-corrected chi connectivity index (χ2v) is 8.89. The summed E-state index contributed by atoms with van der Waals surface area (Å²) in [6, 6.07) is 21.0. The normalized spacial score (nSPS) is 11.7. The summed E-state index contributed by atoms with van der Waals surface area (Å²) in [6.45, 7) is 0.427. The molecule has 188 valence electrons. The topological polar surface area (TPSA) is 107 Å². The molecule has 37 heavy (non-hydrogen) atoms. The van der Waals surface area contributed by atoms with Gasteiger partial charge in [-0.2, -0.15) is 0 Å². The standard InChI is InChI=1S/C29H29N5O3/c1-34(2)18-20-5-3-8-25(15-20)32-28(36)23-7-4-6-22(16-23)27(19-35)33-29(37)26-10-9-24(17-31-26)21-11-13-30-14-12-21/h3-17,27,35H,18-19H2,1-2H3,(H,32,36)(H,33,37)/t27-/m1/s1. The lowest BCUT2D eigenvalue weighted by Gasteiger charge is -2.17. The molecule has 0 unspecified atom stereocenters. The first-order chi connectivity index (χ1) is 17.9. The molecular formula is C29H29N5O3. The molecule has 0 saturated carbocycles. The van der Waals surface area contributed by atoms with Crippen molar-refractivity contribution in [3.05, 3.63) is 114 Å². The maximum Gasteiger partial charge on any atom is 0.270 e. The van der Waals surface area contributed by atoms with Crippen LogP contribution < -0.4 is 10.6 Å². The first-order valence-electron chi connectivity index (χ1n) is 11.9. The van der Waals surface area contributed by atoms with Crippen molar-refractivity contribution in [1.82, 2.24) is 20.2 Å². The lowest BCUT2D eigenvalue weighted by atomic mass is 10.0. The van der Waals surface area contributed by atoms with Gasteiger partial charge in [-0.15, -0.1) is 0 Å². The van der Waals surface area contributed by atoms with Crippen molar-refractivity contribution in [2.45, 2.75) is 12.6 Å². The van der Waals surface area contributed by atoms with Gasteiger partial charge >= 0.3 is 0 Å². The summed E-state index contributed by atoms with van der Waals surface area (Å²) < 4.78 is 0. The highest BCUT2D eigenvalue weighted by Crippen LogP contribution is 2.19. The quantitative estimate of drug-likeness (QED) is 0.325. The molecule has 2 aromatic heterocycles. The van der Waals surface area contributed by atoms with Crippen LogP contribution in [0.4, 0.5) is 5.69 Å².